The molecule has 21 heavy (non-hydrogen) atoms. The first-order valence-electron chi connectivity index (χ1n) is 6.86. The van der Waals surface area contributed by atoms with Crippen LogP contribution in [0.15, 0.2) is 47.8 Å². The lowest BCUT2D eigenvalue weighted by atomic mass is 9.98. The van der Waals surface area contributed by atoms with Crippen LogP contribution >= 0.6 is 0 Å². The van der Waals surface area contributed by atoms with Crippen molar-refractivity contribution in [2.24, 2.45) is 10.9 Å². The van der Waals surface area contributed by atoms with Crippen LogP contribution in [-0.2, 0) is 0 Å². The lowest BCUT2D eigenvalue weighted by molar-refractivity contribution is 0.318. The summed E-state index contributed by atoms with van der Waals surface area (Å²) in [6, 6.07) is 11.4. The highest BCUT2D eigenvalue weighted by molar-refractivity contribution is 5.95. The normalized spacial score (nSPS) is 13.0. The molecular formula is C16H19N3O2. The van der Waals surface area contributed by atoms with E-state index < -0.39 is 0 Å². The third-order valence-electron chi connectivity index (χ3n) is 3.40. The van der Waals surface area contributed by atoms with Crippen molar-refractivity contribution in [1.29, 1.82) is 0 Å². The summed E-state index contributed by atoms with van der Waals surface area (Å²) in [6.07, 6.45) is 2.60. The maximum atomic E-state index is 8.61. The molecule has 0 spiro atoms. The van der Waals surface area contributed by atoms with Gasteiger partial charge in [-0.1, -0.05) is 37.2 Å². The Morgan fingerprint density at radius 3 is 2.71 bits per heavy atom. The quantitative estimate of drug-likeness (QED) is 0.381. The molecule has 2 rings (SSSR count). The lowest BCUT2D eigenvalue weighted by Crippen LogP contribution is -2.14. The largest absolute Gasteiger partial charge is 0.455 e. The Labute approximate surface area is 124 Å². The number of aromatic nitrogens is 1. The second-order valence-electron chi connectivity index (χ2n) is 4.81. The summed E-state index contributed by atoms with van der Waals surface area (Å²) in [5.74, 6) is 1.83. The number of pyridine rings is 1. The van der Waals surface area contributed by atoms with Crippen molar-refractivity contribution < 1.29 is 9.94 Å². The van der Waals surface area contributed by atoms with Crippen LogP contribution in [0.25, 0.3) is 0 Å². The summed E-state index contributed by atoms with van der Waals surface area (Å²) >= 11 is 0. The van der Waals surface area contributed by atoms with Crippen LogP contribution < -0.4 is 10.5 Å². The molecule has 1 aromatic carbocycles. The molecule has 2 aromatic rings. The van der Waals surface area contributed by atoms with Gasteiger partial charge in [0.25, 0.3) is 0 Å². The number of amidine groups is 1. The molecule has 0 aliphatic carbocycles. The van der Waals surface area contributed by atoms with Crippen LogP contribution in [-0.4, -0.2) is 16.0 Å². The molecule has 0 saturated carbocycles. The number of nitrogens with zero attached hydrogens (tertiary/aromatic N) is 2. The van der Waals surface area contributed by atoms with Gasteiger partial charge in [0.2, 0.25) is 0 Å². The standard InChI is InChI=1S/C16H19N3O2/c1-3-11(2)13-6-4-5-7-15(13)21-12-8-9-14(18-10-12)16(17)19-20/h4-11,20H,3H2,1-2H3,(H2,17,19). The van der Waals surface area contributed by atoms with Gasteiger partial charge in [-0.15, -0.1) is 0 Å². The van der Waals surface area contributed by atoms with E-state index in [-0.39, 0.29) is 5.84 Å². The average molecular weight is 285 g/mol. The second kappa shape index (κ2) is 6.74. The fourth-order valence-corrected chi connectivity index (χ4v) is 1.97. The molecule has 0 radical (unpaired) electrons. The second-order valence-corrected chi connectivity index (χ2v) is 4.81. The lowest BCUT2D eigenvalue weighted by Gasteiger charge is -2.15. The Hall–Kier alpha value is -2.56. The van der Waals surface area contributed by atoms with Crippen molar-refractivity contribution in [1.82, 2.24) is 4.98 Å². The van der Waals surface area contributed by atoms with E-state index in [4.69, 9.17) is 15.7 Å². The highest BCUT2D eigenvalue weighted by atomic mass is 16.5. The number of para-hydroxylation sites is 1. The SMILES string of the molecule is CCC(C)c1ccccc1Oc1ccc(/C(N)=N/O)nc1. The molecular weight excluding hydrogens is 266 g/mol. The maximum absolute atomic E-state index is 8.61. The Balaban J connectivity index is 2.23. The maximum Gasteiger partial charge on any atom is 0.188 e. The summed E-state index contributed by atoms with van der Waals surface area (Å²) in [4.78, 5) is 4.10. The van der Waals surface area contributed by atoms with Crippen molar-refractivity contribution in [3.05, 3.63) is 53.9 Å². The third kappa shape index (κ3) is 3.51. The van der Waals surface area contributed by atoms with Gasteiger partial charge < -0.3 is 15.7 Å². The van der Waals surface area contributed by atoms with Crippen LogP contribution in [0.1, 0.15) is 37.4 Å². The number of ether oxygens (including phenoxy) is 1. The van der Waals surface area contributed by atoms with Crippen LogP contribution in [0.5, 0.6) is 11.5 Å². The number of hydrogen-bond donors (Lipinski definition) is 2. The first-order chi connectivity index (χ1) is 10.2. The number of nitrogens with two attached hydrogens (primary N) is 1. The van der Waals surface area contributed by atoms with Crippen LogP contribution in [0.4, 0.5) is 0 Å². The Morgan fingerprint density at radius 2 is 2.10 bits per heavy atom. The molecule has 0 aliphatic heterocycles. The smallest absolute Gasteiger partial charge is 0.188 e. The zero-order valence-corrected chi connectivity index (χ0v) is 12.2. The van der Waals surface area contributed by atoms with Crippen molar-refractivity contribution in [2.45, 2.75) is 26.2 Å². The fraction of sp³-hybridized carbons (Fsp3) is 0.250. The molecule has 1 unspecified atom stereocenters. The van der Waals surface area contributed by atoms with Gasteiger partial charge in [-0.3, -0.25) is 0 Å². The van der Waals surface area contributed by atoms with E-state index in [0.29, 0.717) is 17.4 Å². The first kappa shape index (κ1) is 14.8. The van der Waals surface area contributed by atoms with Crippen molar-refractivity contribution in [2.75, 3.05) is 0 Å². The third-order valence-corrected chi connectivity index (χ3v) is 3.40. The molecule has 0 amide bonds. The molecule has 1 heterocycles. The average Bonchev–Trinajstić information content (AvgIpc) is 2.54. The number of benzene rings is 1. The van der Waals surface area contributed by atoms with Crippen molar-refractivity contribution >= 4 is 5.84 Å². The monoisotopic (exact) mass is 285 g/mol. The van der Waals surface area contributed by atoms with Gasteiger partial charge in [0, 0.05) is 0 Å². The summed E-state index contributed by atoms with van der Waals surface area (Å²) < 4.78 is 5.90. The predicted molar refractivity (Wildman–Crippen MR) is 82.0 cm³/mol. The predicted octanol–water partition coefficient (Wildman–Crippen LogP) is 3.48. The minimum absolute atomic E-state index is 0.0263. The molecule has 5 heteroatoms. The molecule has 5 nitrogen and oxygen atoms in total. The first-order valence-corrected chi connectivity index (χ1v) is 6.86. The van der Waals surface area contributed by atoms with Gasteiger partial charge >= 0.3 is 0 Å². The van der Waals surface area contributed by atoms with E-state index in [9.17, 15) is 0 Å². The Bertz CT molecular complexity index is 624. The molecule has 1 aromatic heterocycles. The number of rotatable bonds is 5. The van der Waals surface area contributed by atoms with Gasteiger partial charge in [0.05, 0.1) is 6.20 Å². The molecule has 0 aliphatic rings. The van der Waals surface area contributed by atoms with Gasteiger partial charge in [-0.05, 0) is 36.1 Å². The summed E-state index contributed by atoms with van der Waals surface area (Å²) in [5, 5.41) is 11.5. The fourth-order valence-electron chi connectivity index (χ4n) is 1.97. The van der Waals surface area contributed by atoms with Gasteiger partial charge in [0.1, 0.15) is 17.2 Å². The summed E-state index contributed by atoms with van der Waals surface area (Å²) in [5.41, 5.74) is 7.05. The van der Waals surface area contributed by atoms with Crippen LogP contribution in [0.2, 0.25) is 0 Å². The molecule has 0 saturated heterocycles. The highest BCUT2D eigenvalue weighted by Crippen LogP contribution is 2.31. The van der Waals surface area contributed by atoms with E-state index in [2.05, 4.69) is 30.1 Å². The van der Waals surface area contributed by atoms with E-state index in [1.807, 2.05) is 18.2 Å². The van der Waals surface area contributed by atoms with Gasteiger partial charge in [-0.25, -0.2) is 4.98 Å². The number of hydrogen-bond acceptors (Lipinski definition) is 4. The van der Waals surface area contributed by atoms with E-state index in [1.165, 1.54) is 5.56 Å². The van der Waals surface area contributed by atoms with Crippen molar-refractivity contribution in [3.63, 3.8) is 0 Å². The highest BCUT2D eigenvalue weighted by Gasteiger charge is 2.10. The summed E-state index contributed by atoms with van der Waals surface area (Å²) in [6.45, 7) is 4.32. The van der Waals surface area contributed by atoms with E-state index in [0.717, 1.165) is 12.2 Å². The zero-order chi connectivity index (χ0) is 15.2. The number of oxime groups is 1. The van der Waals surface area contributed by atoms with Crippen molar-refractivity contribution in [3.8, 4) is 11.5 Å². The molecule has 3 N–H and O–H groups in total. The Morgan fingerprint density at radius 1 is 1.33 bits per heavy atom. The molecule has 0 bridgehead atoms. The molecule has 110 valence electrons. The summed E-state index contributed by atoms with van der Waals surface area (Å²) in [7, 11) is 0. The van der Waals surface area contributed by atoms with Gasteiger partial charge in [0.15, 0.2) is 5.84 Å². The minimum atomic E-state index is -0.0263. The minimum Gasteiger partial charge on any atom is -0.455 e. The van der Waals surface area contributed by atoms with E-state index in [1.54, 1.807) is 18.3 Å². The molecule has 0 fully saturated rings. The van der Waals surface area contributed by atoms with E-state index >= 15 is 0 Å². The molecule has 1 atom stereocenters. The topological polar surface area (TPSA) is 80.7 Å². The Kier molecular flexibility index (Phi) is 4.77. The van der Waals surface area contributed by atoms with Crippen LogP contribution in [0, 0.1) is 0 Å². The zero-order valence-electron chi connectivity index (χ0n) is 12.2. The van der Waals surface area contributed by atoms with Crippen LogP contribution in [0.3, 0.4) is 0 Å². The van der Waals surface area contributed by atoms with Gasteiger partial charge in [-0.2, -0.15) is 0 Å².